The molecule has 0 fully saturated rings. The molecule has 0 unspecified atom stereocenters. The van der Waals surface area contributed by atoms with Gasteiger partial charge in [-0.05, 0) is 30.0 Å². The SMILES string of the molecule is COc1cc(Cl)c(C)cc1NC(=O)COC(=O)CCn1nc(-c2cccs2)oc1=O. The van der Waals surface area contributed by atoms with Gasteiger partial charge in [0.2, 0.25) is 0 Å². The lowest BCUT2D eigenvalue weighted by molar-refractivity contribution is -0.147. The number of hydrogen-bond acceptors (Lipinski definition) is 8. The molecule has 0 aliphatic rings. The van der Waals surface area contributed by atoms with Crippen molar-refractivity contribution in [1.29, 1.82) is 0 Å². The lowest BCUT2D eigenvalue weighted by Crippen LogP contribution is -2.23. The summed E-state index contributed by atoms with van der Waals surface area (Å²) in [5.74, 6) is -1.29. The fourth-order valence-corrected chi connectivity index (χ4v) is 3.28. The second-order valence-electron chi connectivity index (χ2n) is 6.13. The summed E-state index contributed by atoms with van der Waals surface area (Å²) in [4.78, 5) is 36.5. The van der Waals surface area contributed by atoms with E-state index in [0.29, 0.717) is 21.3 Å². The van der Waals surface area contributed by atoms with E-state index in [4.69, 9.17) is 25.5 Å². The van der Waals surface area contributed by atoms with Crippen molar-refractivity contribution in [2.75, 3.05) is 19.0 Å². The van der Waals surface area contributed by atoms with Gasteiger partial charge in [-0.3, -0.25) is 9.59 Å². The number of ether oxygens (including phenoxy) is 2. The van der Waals surface area contributed by atoms with Crippen LogP contribution in [0.4, 0.5) is 5.69 Å². The Balaban J connectivity index is 1.50. The number of hydrogen-bond donors (Lipinski definition) is 1. The van der Waals surface area contributed by atoms with E-state index in [1.165, 1.54) is 18.4 Å². The maximum absolute atomic E-state index is 12.1. The Kier molecular flexibility index (Phi) is 6.91. The van der Waals surface area contributed by atoms with Crippen molar-refractivity contribution in [2.24, 2.45) is 0 Å². The Morgan fingerprint density at radius 2 is 2.17 bits per heavy atom. The number of thiophene rings is 1. The number of nitrogens with one attached hydrogen (secondary N) is 1. The first-order valence-electron chi connectivity index (χ1n) is 8.79. The van der Waals surface area contributed by atoms with Gasteiger partial charge < -0.3 is 19.2 Å². The van der Waals surface area contributed by atoms with Crippen molar-refractivity contribution in [3.8, 4) is 16.5 Å². The van der Waals surface area contributed by atoms with Crippen LogP contribution in [0.1, 0.15) is 12.0 Å². The highest BCUT2D eigenvalue weighted by Crippen LogP contribution is 2.30. The first-order chi connectivity index (χ1) is 14.4. The molecule has 0 radical (unpaired) electrons. The maximum atomic E-state index is 12.1. The molecule has 11 heteroatoms. The van der Waals surface area contributed by atoms with E-state index < -0.39 is 24.2 Å². The zero-order valence-corrected chi connectivity index (χ0v) is 17.7. The van der Waals surface area contributed by atoms with Gasteiger partial charge in [-0.15, -0.1) is 16.4 Å². The average molecular weight is 452 g/mol. The Bertz CT molecular complexity index is 1110. The average Bonchev–Trinajstić information content (AvgIpc) is 3.37. The van der Waals surface area contributed by atoms with Crippen molar-refractivity contribution < 1.29 is 23.5 Å². The zero-order chi connectivity index (χ0) is 21.7. The summed E-state index contributed by atoms with van der Waals surface area (Å²) in [6, 6.07) is 6.81. The lowest BCUT2D eigenvalue weighted by atomic mass is 10.2. The summed E-state index contributed by atoms with van der Waals surface area (Å²) < 4.78 is 16.2. The fraction of sp³-hybridized carbons (Fsp3) is 0.263. The van der Waals surface area contributed by atoms with Gasteiger partial charge in [0.25, 0.3) is 11.8 Å². The molecular weight excluding hydrogens is 434 g/mol. The first kappa shape index (κ1) is 21.6. The highest BCUT2D eigenvalue weighted by molar-refractivity contribution is 7.13. The largest absolute Gasteiger partial charge is 0.495 e. The highest BCUT2D eigenvalue weighted by atomic mass is 35.5. The minimum atomic E-state index is -0.672. The number of carbonyl (C=O) groups excluding carboxylic acids is 2. The van der Waals surface area contributed by atoms with Gasteiger partial charge in [0.15, 0.2) is 6.61 Å². The molecule has 0 spiro atoms. The summed E-state index contributed by atoms with van der Waals surface area (Å²) in [6.45, 7) is 1.27. The molecular formula is C19H18ClN3O6S. The predicted octanol–water partition coefficient (Wildman–Crippen LogP) is 3.11. The smallest absolute Gasteiger partial charge is 0.437 e. The van der Waals surface area contributed by atoms with Crippen molar-refractivity contribution in [1.82, 2.24) is 9.78 Å². The monoisotopic (exact) mass is 451 g/mol. The highest BCUT2D eigenvalue weighted by Gasteiger charge is 2.15. The number of benzene rings is 1. The number of amides is 1. The summed E-state index contributed by atoms with van der Waals surface area (Å²) in [5.41, 5.74) is 1.17. The van der Waals surface area contributed by atoms with Crippen LogP contribution in [-0.2, 0) is 20.9 Å². The molecule has 3 aromatic rings. The Hall–Kier alpha value is -3.11. The van der Waals surface area contributed by atoms with E-state index in [1.54, 1.807) is 25.1 Å². The molecule has 30 heavy (non-hydrogen) atoms. The number of methoxy groups -OCH3 is 1. The minimum absolute atomic E-state index is 0.0294. The molecule has 0 aliphatic carbocycles. The van der Waals surface area contributed by atoms with E-state index in [0.717, 1.165) is 10.2 Å². The van der Waals surface area contributed by atoms with Crippen LogP contribution in [0, 0.1) is 6.92 Å². The molecule has 1 aromatic carbocycles. The normalized spacial score (nSPS) is 10.6. The van der Waals surface area contributed by atoms with Gasteiger partial charge in [0, 0.05) is 11.1 Å². The van der Waals surface area contributed by atoms with Crippen LogP contribution >= 0.6 is 22.9 Å². The van der Waals surface area contributed by atoms with E-state index in [9.17, 15) is 14.4 Å². The standard InChI is InChI=1S/C19H18ClN3O6S/c1-11-8-13(14(27-2)9-12(11)20)21-16(24)10-28-17(25)5-6-23-19(26)29-18(22-23)15-4-3-7-30-15/h3-4,7-9H,5-6,10H2,1-2H3,(H,21,24). The summed E-state index contributed by atoms with van der Waals surface area (Å²) in [5, 5.41) is 8.98. The zero-order valence-electron chi connectivity index (χ0n) is 16.1. The molecule has 0 aliphatic heterocycles. The number of halogens is 1. The van der Waals surface area contributed by atoms with E-state index >= 15 is 0 Å². The van der Waals surface area contributed by atoms with Gasteiger partial charge in [0.05, 0.1) is 30.6 Å². The van der Waals surface area contributed by atoms with Crippen LogP contribution in [0.15, 0.2) is 38.9 Å². The molecule has 0 bridgehead atoms. The molecule has 1 amide bonds. The molecule has 0 atom stereocenters. The molecule has 2 aromatic heterocycles. The lowest BCUT2D eigenvalue weighted by Gasteiger charge is -2.12. The Morgan fingerprint density at radius 3 is 2.87 bits per heavy atom. The number of esters is 1. The van der Waals surface area contributed by atoms with Crippen molar-refractivity contribution in [3.63, 3.8) is 0 Å². The third-order valence-corrected chi connectivity index (χ3v) is 5.25. The Labute approximate surface area is 180 Å². The van der Waals surface area contributed by atoms with E-state index in [1.807, 2.05) is 11.4 Å². The second kappa shape index (κ2) is 9.59. The predicted molar refractivity (Wildman–Crippen MR) is 111 cm³/mol. The molecule has 9 nitrogen and oxygen atoms in total. The third-order valence-electron chi connectivity index (χ3n) is 3.99. The minimum Gasteiger partial charge on any atom is -0.495 e. The van der Waals surface area contributed by atoms with Crippen LogP contribution in [0.25, 0.3) is 10.8 Å². The van der Waals surface area contributed by atoms with Crippen LogP contribution in [0.2, 0.25) is 5.02 Å². The number of aryl methyl sites for hydroxylation is 2. The molecule has 0 saturated heterocycles. The molecule has 158 valence electrons. The Morgan fingerprint density at radius 1 is 1.37 bits per heavy atom. The van der Waals surface area contributed by atoms with Crippen LogP contribution in [0.3, 0.4) is 0 Å². The molecule has 3 rings (SSSR count). The molecule has 0 saturated carbocycles. The molecule has 2 heterocycles. The van der Waals surface area contributed by atoms with Crippen molar-refractivity contribution in [3.05, 3.63) is 50.8 Å². The fourth-order valence-electron chi connectivity index (χ4n) is 2.48. The second-order valence-corrected chi connectivity index (χ2v) is 7.49. The van der Waals surface area contributed by atoms with E-state index in [2.05, 4.69) is 10.4 Å². The van der Waals surface area contributed by atoms with Gasteiger partial charge in [-0.25, -0.2) is 4.79 Å². The topological polar surface area (TPSA) is 113 Å². The van der Waals surface area contributed by atoms with Crippen LogP contribution < -0.4 is 15.8 Å². The van der Waals surface area contributed by atoms with E-state index in [-0.39, 0.29) is 18.9 Å². The van der Waals surface area contributed by atoms with Crippen molar-refractivity contribution >= 4 is 40.5 Å². The number of rotatable bonds is 8. The number of aromatic nitrogens is 2. The van der Waals surface area contributed by atoms with Crippen LogP contribution in [-0.4, -0.2) is 35.4 Å². The van der Waals surface area contributed by atoms with Gasteiger partial charge >= 0.3 is 11.7 Å². The maximum Gasteiger partial charge on any atom is 0.437 e. The summed E-state index contributed by atoms with van der Waals surface area (Å²) in [7, 11) is 1.45. The number of nitrogens with zero attached hydrogens (tertiary/aromatic N) is 2. The quantitative estimate of drug-likeness (QED) is 0.523. The number of anilines is 1. The molecule has 1 N–H and O–H groups in total. The van der Waals surface area contributed by atoms with Gasteiger partial charge in [0.1, 0.15) is 5.75 Å². The van der Waals surface area contributed by atoms with Crippen molar-refractivity contribution in [2.45, 2.75) is 19.9 Å². The van der Waals surface area contributed by atoms with Gasteiger partial charge in [-0.2, -0.15) is 4.68 Å². The number of carbonyl (C=O) groups is 2. The summed E-state index contributed by atoms with van der Waals surface area (Å²) in [6.07, 6.45) is -0.146. The summed E-state index contributed by atoms with van der Waals surface area (Å²) >= 11 is 7.41. The van der Waals surface area contributed by atoms with Crippen LogP contribution in [0.5, 0.6) is 5.75 Å². The third kappa shape index (κ3) is 5.28. The van der Waals surface area contributed by atoms with Gasteiger partial charge in [-0.1, -0.05) is 17.7 Å². The first-order valence-corrected chi connectivity index (χ1v) is 10.0.